The molecule has 38 heavy (non-hydrogen) atoms. The van der Waals surface area contributed by atoms with Crippen LogP contribution >= 0.6 is 24.8 Å². The summed E-state index contributed by atoms with van der Waals surface area (Å²) >= 11 is 0. The number of rotatable bonds is 11. The Balaban J connectivity index is 0.00000253. The summed E-state index contributed by atoms with van der Waals surface area (Å²) in [6, 6.07) is 20.8. The average molecular weight is 559 g/mol. The lowest BCUT2D eigenvalue weighted by atomic mass is 10.1. The SMILES string of the molecule is COC(=O)c1cccc(CN(CCCOc2ccc3c(ccc(=O)n3C)c2)CCc2cccnc2)c1.Cl.Cl. The van der Waals surface area contributed by atoms with Crippen LogP contribution in [0.25, 0.3) is 10.9 Å². The van der Waals surface area contributed by atoms with Crippen molar-refractivity contribution in [2.75, 3.05) is 26.8 Å². The van der Waals surface area contributed by atoms with Crippen LogP contribution < -0.4 is 10.3 Å². The average Bonchev–Trinajstić information content (AvgIpc) is 2.92. The molecule has 0 atom stereocenters. The number of aryl methyl sites for hydroxylation is 1. The van der Waals surface area contributed by atoms with Gasteiger partial charge in [0.15, 0.2) is 0 Å². The summed E-state index contributed by atoms with van der Waals surface area (Å²) in [7, 11) is 3.16. The molecule has 0 bridgehead atoms. The molecule has 0 saturated heterocycles. The highest BCUT2D eigenvalue weighted by Gasteiger charge is 2.11. The van der Waals surface area contributed by atoms with E-state index < -0.39 is 0 Å². The first-order valence-electron chi connectivity index (χ1n) is 12.0. The summed E-state index contributed by atoms with van der Waals surface area (Å²) in [5, 5.41) is 0.971. The van der Waals surface area contributed by atoms with Crippen LogP contribution in [0, 0.1) is 0 Å². The molecule has 0 spiro atoms. The van der Waals surface area contributed by atoms with Crippen molar-refractivity contribution in [1.82, 2.24) is 14.5 Å². The van der Waals surface area contributed by atoms with E-state index in [0.717, 1.165) is 54.7 Å². The molecule has 0 aliphatic rings. The maximum atomic E-state index is 11.9. The van der Waals surface area contributed by atoms with Gasteiger partial charge >= 0.3 is 5.97 Å². The molecule has 0 aliphatic carbocycles. The minimum atomic E-state index is -0.331. The van der Waals surface area contributed by atoms with Gasteiger partial charge in [0.1, 0.15) is 5.75 Å². The van der Waals surface area contributed by atoms with Crippen LogP contribution in [0.4, 0.5) is 0 Å². The summed E-state index contributed by atoms with van der Waals surface area (Å²) in [4.78, 5) is 30.4. The van der Waals surface area contributed by atoms with E-state index in [0.29, 0.717) is 12.2 Å². The molecule has 7 nitrogen and oxygen atoms in total. The third-order valence-electron chi connectivity index (χ3n) is 6.18. The zero-order chi connectivity index (χ0) is 25.3. The molecular weight excluding hydrogens is 525 g/mol. The van der Waals surface area contributed by atoms with Crippen LogP contribution in [0.3, 0.4) is 0 Å². The summed E-state index contributed by atoms with van der Waals surface area (Å²) in [5.41, 5.74) is 3.65. The van der Waals surface area contributed by atoms with Crippen LogP contribution in [0.1, 0.15) is 27.9 Å². The van der Waals surface area contributed by atoms with E-state index in [2.05, 4.69) is 16.0 Å². The smallest absolute Gasteiger partial charge is 0.337 e. The second-order valence-corrected chi connectivity index (χ2v) is 8.73. The van der Waals surface area contributed by atoms with Gasteiger partial charge < -0.3 is 14.0 Å². The van der Waals surface area contributed by atoms with Crippen LogP contribution in [-0.2, 0) is 24.8 Å². The summed E-state index contributed by atoms with van der Waals surface area (Å²) in [6.07, 6.45) is 5.40. The van der Waals surface area contributed by atoms with Crippen molar-refractivity contribution in [3.05, 3.63) is 106 Å². The largest absolute Gasteiger partial charge is 0.494 e. The van der Waals surface area contributed by atoms with E-state index in [1.54, 1.807) is 29.9 Å². The van der Waals surface area contributed by atoms with Crippen molar-refractivity contribution < 1.29 is 14.3 Å². The quantitative estimate of drug-likeness (QED) is 0.189. The summed E-state index contributed by atoms with van der Waals surface area (Å²) < 4.78 is 12.5. The first-order chi connectivity index (χ1) is 17.5. The number of methoxy groups -OCH3 is 1. The lowest BCUT2D eigenvalue weighted by Gasteiger charge is -2.23. The number of halogens is 2. The fourth-order valence-electron chi connectivity index (χ4n) is 4.21. The molecular formula is C29H33Cl2N3O4. The van der Waals surface area contributed by atoms with Crippen molar-refractivity contribution in [2.45, 2.75) is 19.4 Å². The number of pyridine rings is 2. The molecule has 0 saturated carbocycles. The van der Waals surface area contributed by atoms with Crippen LogP contribution in [-0.4, -0.2) is 47.2 Å². The fourth-order valence-corrected chi connectivity index (χ4v) is 4.21. The Labute approximate surface area is 235 Å². The molecule has 9 heteroatoms. The van der Waals surface area contributed by atoms with Gasteiger partial charge in [0, 0.05) is 50.5 Å². The van der Waals surface area contributed by atoms with Gasteiger partial charge in [-0.3, -0.25) is 14.7 Å². The Hall–Kier alpha value is -3.39. The van der Waals surface area contributed by atoms with Gasteiger partial charge in [0.2, 0.25) is 0 Å². The zero-order valence-corrected chi connectivity index (χ0v) is 23.2. The lowest BCUT2D eigenvalue weighted by molar-refractivity contribution is 0.0600. The van der Waals surface area contributed by atoms with Crippen LogP contribution in [0.2, 0.25) is 0 Å². The molecule has 0 unspecified atom stereocenters. The number of hydrogen-bond acceptors (Lipinski definition) is 6. The molecule has 2 aromatic carbocycles. The van der Waals surface area contributed by atoms with E-state index in [9.17, 15) is 9.59 Å². The van der Waals surface area contributed by atoms with E-state index in [4.69, 9.17) is 9.47 Å². The minimum Gasteiger partial charge on any atom is -0.494 e. The van der Waals surface area contributed by atoms with Crippen molar-refractivity contribution in [3.63, 3.8) is 0 Å². The number of ether oxygens (including phenoxy) is 2. The monoisotopic (exact) mass is 557 g/mol. The third kappa shape index (κ3) is 8.31. The summed E-state index contributed by atoms with van der Waals surface area (Å²) in [6.45, 7) is 2.99. The van der Waals surface area contributed by atoms with E-state index in [-0.39, 0.29) is 36.3 Å². The topological polar surface area (TPSA) is 73.7 Å². The van der Waals surface area contributed by atoms with Crippen LogP contribution in [0.15, 0.2) is 83.9 Å². The molecule has 4 aromatic rings. The van der Waals surface area contributed by atoms with Gasteiger partial charge in [-0.25, -0.2) is 4.79 Å². The number of carbonyl (C=O) groups excluding carboxylic acids is 1. The van der Waals surface area contributed by atoms with E-state index >= 15 is 0 Å². The number of aromatic nitrogens is 2. The van der Waals surface area contributed by atoms with Crippen molar-refractivity contribution >= 4 is 41.7 Å². The Kier molecular flexibility index (Phi) is 12.3. The van der Waals surface area contributed by atoms with Crippen LogP contribution in [0.5, 0.6) is 5.75 Å². The standard InChI is InChI=1S/C29H31N3O4.2ClH/c1-31-27-11-10-26(19-24(27)9-12-28(31)33)36-17-5-15-32(16-13-22-7-4-14-30-20-22)21-23-6-3-8-25(18-23)29(34)35-2;;/h3-4,6-12,14,18-20H,5,13,15-17,21H2,1-2H3;2*1H. The van der Waals surface area contributed by atoms with E-state index in [1.807, 2.05) is 54.7 Å². The van der Waals surface area contributed by atoms with Gasteiger partial charge in [0.25, 0.3) is 5.56 Å². The Bertz CT molecular complexity index is 1380. The molecule has 202 valence electrons. The molecule has 0 radical (unpaired) electrons. The van der Waals surface area contributed by atoms with Crippen molar-refractivity contribution in [2.24, 2.45) is 7.05 Å². The molecule has 0 amide bonds. The number of carbonyl (C=O) groups is 1. The van der Waals surface area contributed by atoms with Gasteiger partial charge in [-0.2, -0.15) is 0 Å². The van der Waals surface area contributed by atoms with Gasteiger partial charge in [-0.05, 0) is 66.4 Å². The summed E-state index contributed by atoms with van der Waals surface area (Å²) in [5.74, 6) is 0.455. The van der Waals surface area contributed by atoms with Gasteiger partial charge in [-0.15, -0.1) is 24.8 Å². The van der Waals surface area contributed by atoms with Crippen molar-refractivity contribution in [3.8, 4) is 5.75 Å². The number of esters is 1. The second kappa shape index (κ2) is 15.1. The maximum Gasteiger partial charge on any atom is 0.337 e. The molecule has 2 heterocycles. The normalized spacial score (nSPS) is 10.5. The fraction of sp³-hybridized carbons (Fsp3) is 0.276. The van der Waals surface area contributed by atoms with Gasteiger partial charge in [-0.1, -0.05) is 18.2 Å². The highest BCUT2D eigenvalue weighted by atomic mass is 35.5. The Morgan fingerprint density at radius 2 is 1.79 bits per heavy atom. The molecule has 0 fully saturated rings. The van der Waals surface area contributed by atoms with Crippen molar-refractivity contribution in [1.29, 1.82) is 0 Å². The highest BCUT2D eigenvalue weighted by molar-refractivity contribution is 5.89. The predicted molar refractivity (Wildman–Crippen MR) is 155 cm³/mol. The second-order valence-electron chi connectivity index (χ2n) is 8.73. The lowest BCUT2D eigenvalue weighted by Crippen LogP contribution is -2.28. The molecule has 2 aromatic heterocycles. The Morgan fingerprint density at radius 3 is 2.55 bits per heavy atom. The first kappa shape index (κ1) is 30.8. The zero-order valence-electron chi connectivity index (χ0n) is 21.5. The number of fused-ring (bicyclic) bond motifs is 1. The maximum absolute atomic E-state index is 11.9. The third-order valence-corrected chi connectivity index (χ3v) is 6.18. The van der Waals surface area contributed by atoms with E-state index in [1.165, 1.54) is 12.7 Å². The molecule has 0 N–H and O–H groups in total. The Morgan fingerprint density at radius 1 is 0.974 bits per heavy atom. The van der Waals surface area contributed by atoms with Gasteiger partial charge in [0.05, 0.1) is 24.8 Å². The number of nitrogens with zero attached hydrogens (tertiary/aromatic N) is 3. The molecule has 4 rings (SSSR count). The number of benzene rings is 2. The first-order valence-corrected chi connectivity index (χ1v) is 12.0. The number of hydrogen-bond donors (Lipinski definition) is 0. The minimum absolute atomic E-state index is 0. The predicted octanol–water partition coefficient (Wildman–Crippen LogP) is 5.08. The highest BCUT2D eigenvalue weighted by Crippen LogP contribution is 2.19. The molecule has 0 aliphatic heterocycles.